The van der Waals surface area contributed by atoms with Crippen molar-refractivity contribution in [3.8, 4) is 0 Å². The van der Waals surface area contributed by atoms with E-state index in [-0.39, 0.29) is 6.61 Å². The number of anilines is 1. The molecule has 2 fully saturated rings. The van der Waals surface area contributed by atoms with Crippen LogP contribution in [-0.4, -0.2) is 49.5 Å². The van der Waals surface area contributed by atoms with Gasteiger partial charge in [0.2, 0.25) is 0 Å². The van der Waals surface area contributed by atoms with Crippen LogP contribution in [0, 0.1) is 0 Å². The van der Waals surface area contributed by atoms with Crippen molar-refractivity contribution in [3.63, 3.8) is 0 Å². The van der Waals surface area contributed by atoms with E-state index >= 15 is 0 Å². The summed E-state index contributed by atoms with van der Waals surface area (Å²) in [7, 11) is -4.15. The minimum absolute atomic E-state index is 0.137. The van der Waals surface area contributed by atoms with Gasteiger partial charge in [0.1, 0.15) is 36.1 Å². The molecule has 4 rings (SSSR count). The normalized spacial score (nSPS) is 38.3. The third-order valence-corrected chi connectivity index (χ3v) is 4.77. The lowest BCUT2D eigenvalue weighted by atomic mass is 10.1. The van der Waals surface area contributed by atoms with Crippen molar-refractivity contribution in [3.05, 3.63) is 18.6 Å². The molecule has 0 radical (unpaired) electrons. The van der Waals surface area contributed by atoms with Crippen molar-refractivity contribution in [1.82, 2.24) is 14.5 Å². The van der Waals surface area contributed by atoms with Crippen LogP contribution in [0.3, 0.4) is 0 Å². The highest BCUT2D eigenvalue weighted by atomic mass is 31.2. The highest BCUT2D eigenvalue weighted by molar-refractivity contribution is 7.47. The van der Waals surface area contributed by atoms with Gasteiger partial charge in [-0.15, -0.1) is 0 Å². The molecule has 0 aliphatic carbocycles. The smallest absolute Gasteiger partial charge is 0.386 e. The van der Waals surface area contributed by atoms with Gasteiger partial charge in [-0.3, -0.25) is 9.05 Å². The molecule has 2 aliphatic rings. The molecule has 10 nitrogen and oxygen atoms in total. The van der Waals surface area contributed by atoms with Crippen LogP contribution in [0.2, 0.25) is 0 Å². The van der Waals surface area contributed by atoms with E-state index in [2.05, 4.69) is 9.97 Å². The molecular weight excluding hydrogens is 315 g/mol. The second-order valence-electron chi connectivity index (χ2n) is 5.11. The molecule has 2 aliphatic heterocycles. The number of ether oxygens (including phenoxy) is 1. The molecule has 22 heavy (non-hydrogen) atoms. The van der Waals surface area contributed by atoms with E-state index < -0.39 is 32.4 Å². The van der Waals surface area contributed by atoms with E-state index in [4.69, 9.17) is 19.5 Å². The Labute approximate surface area is 124 Å². The van der Waals surface area contributed by atoms with Gasteiger partial charge in [0.25, 0.3) is 0 Å². The van der Waals surface area contributed by atoms with Gasteiger partial charge in [0.05, 0.1) is 12.0 Å². The lowest BCUT2D eigenvalue weighted by Crippen LogP contribution is -2.39. The Morgan fingerprint density at radius 2 is 2.27 bits per heavy atom. The molecule has 0 amide bonds. The number of nitrogens with zero attached hydrogens (tertiary/aromatic N) is 3. The molecule has 4 N–H and O–H groups in total. The predicted molar refractivity (Wildman–Crippen MR) is 72.5 cm³/mol. The molecule has 2 aromatic heterocycles. The van der Waals surface area contributed by atoms with Crippen LogP contribution in [0.4, 0.5) is 5.82 Å². The largest absolute Gasteiger partial charge is 0.472 e. The average Bonchev–Trinajstić information content (AvgIpc) is 3.01. The topological polar surface area (TPSA) is 142 Å². The average molecular weight is 328 g/mol. The first kappa shape index (κ1) is 14.1. The maximum Gasteiger partial charge on any atom is 0.472 e. The highest BCUT2D eigenvalue weighted by Crippen LogP contribution is 2.52. The number of aliphatic hydroxyl groups is 1. The van der Waals surface area contributed by atoms with Crippen molar-refractivity contribution >= 4 is 24.7 Å². The Balaban J connectivity index is 1.71. The number of hydrogen-bond donors (Lipinski definition) is 3. The summed E-state index contributed by atoms with van der Waals surface area (Å²) >= 11 is 0. The summed E-state index contributed by atoms with van der Waals surface area (Å²) in [6.45, 7) is -0.137. The highest BCUT2D eigenvalue weighted by Gasteiger charge is 2.52. The van der Waals surface area contributed by atoms with Crippen LogP contribution in [0.5, 0.6) is 0 Å². The number of aromatic nitrogens is 3. The number of fused-ring (bicyclic) bond motifs is 2. The van der Waals surface area contributed by atoms with Gasteiger partial charge in [-0.25, -0.2) is 14.5 Å². The van der Waals surface area contributed by atoms with Gasteiger partial charge in [-0.05, 0) is 6.07 Å². The molecule has 5 atom stereocenters. The van der Waals surface area contributed by atoms with Crippen LogP contribution in [0.15, 0.2) is 18.6 Å². The molecule has 118 valence electrons. The van der Waals surface area contributed by atoms with Crippen molar-refractivity contribution in [2.45, 2.75) is 24.5 Å². The standard InChI is InChI=1S/C11H13N4O6P/c12-9-5-1-2-15(10(5)14-4-13-9)11-7(16)8-6(20-11)3-19-22(17,18)21-8/h1-2,4,6-8,11,16H,3H2,(H,17,18)(H2,12,13,14)/t6-,7+,8-,11+/m0/s1. The Hall–Kier alpha value is -1.55. The summed E-state index contributed by atoms with van der Waals surface area (Å²) in [6.07, 6.45) is -0.619. The van der Waals surface area contributed by atoms with Gasteiger partial charge in [0.15, 0.2) is 6.23 Å². The Bertz CT molecular complexity index is 781. The molecular formula is C11H13N4O6P. The fourth-order valence-corrected chi connectivity index (χ4v) is 3.73. The fraction of sp³-hybridized carbons (Fsp3) is 0.455. The zero-order valence-corrected chi connectivity index (χ0v) is 12.0. The Kier molecular flexibility index (Phi) is 3.02. The van der Waals surface area contributed by atoms with Gasteiger partial charge in [0, 0.05) is 6.20 Å². The van der Waals surface area contributed by atoms with Crippen molar-refractivity contribution in [2.24, 2.45) is 0 Å². The molecule has 0 aromatic carbocycles. The molecule has 0 bridgehead atoms. The third kappa shape index (κ3) is 2.04. The minimum atomic E-state index is -4.15. The fourth-order valence-electron chi connectivity index (χ4n) is 2.76. The molecule has 2 saturated heterocycles. The molecule has 0 spiro atoms. The van der Waals surface area contributed by atoms with Crippen LogP contribution >= 0.6 is 7.82 Å². The van der Waals surface area contributed by atoms with E-state index in [0.29, 0.717) is 16.9 Å². The number of nitrogen functional groups attached to an aromatic ring is 1. The van der Waals surface area contributed by atoms with E-state index in [1.807, 2.05) is 0 Å². The summed E-state index contributed by atoms with van der Waals surface area (Å²) in [5.74, 6) is 0.313. The number of aliphatic hydroxyl groups excluding tert-OH is 1. The Morgan fingerprint density at radius 3 is 3.09 bits per heavy atom. The minimum Gasteiger partial charge on any atom is -0.386 e. The number of rotatable bonds is 1. The molecule has 11 heteroatoms. The first-order chi connectivity index (χ1) is 10.5. The lowest BCUT2D eigenvalue weighted by molar-refractivity contribution is -0.0663. The van der Waals surface area contributed by atoms with E-state index in [9.17, 15) is 14.6 Å². The number of phosphoric ester groups is 1. The molecule has 4 heterocycles. The molecule has 0 saturated carbocycles. The van der Waals surface area contributed by atoms with Crippen molar-refractivity contribution < 1.29 is 28.3 Å². The van der Waals surface area contributed by atoms with Gasteiger partial charge >= 0.3 is 7.82 Å². The van der Waals surface area contributed by atoms with E-state index in [0.717, 1.165) is 0 Å². The van der Waals surface area contributed by atoms with Crippen molar-refractivity contribution in [2.75, 3.05) is 12.3 Å². The van der Waals surface area contributed by atoms with Gasteiger partial charge in [-0.2, -0.15) is 0 Å². The summed E-state index contributed by atoms with van der Waals surface area (Å²) < 4.78 is 28.4. The van der Waals surface area contributed by atoms with Crippen LogP contribution in [0.1, 0.15) is 6.23 Å². The maximum atomic E-state index is 11.5. The van der Waals surface area contributed by atoms with E-state index in [1.165, 1.54) is 6.33 Å². The monoisotopic (exact) mass is 328 g/mol. The van der Waals surface area contributed by atoms with Crippen molar-refractivity contribution in [1.29, 1.82) is 0 Å². The summed E-state index contributed by atoms with van der Waals surface area (Å²) in [4.78, 5) is 17.4. The first-order valence-electron chi connectivity index (χ1n) is 6.52. The second kappa shape index (κ2) is 4.72. The zero-order valence-electron chi connectivity index (χ0n) is 11.1. The van der Waals surface area contributed by atoms with Crippen LogP contribution in [-0.2, 0) is 18.3 Å². The second-order valence-corrected chi connectivity index (χ2v) is 6.52. The number of hydrogen-bond acceptors (Lipinski definition) is 8. The number of nitrogens with two attached hydrogens (primary N) is 1. The van der Waals surface area contributed by atoms with E-state index in [1.54, 1.807) is 16.8 Å². The maximum absolute atomic E-state index is 11.5. The molecule has 2 aromatic rings. The Morgan fingerprint density at radius 1 is 1.45 bits per heavy atom. The van der Waals surface area contributed by atoms with Crippen LogP contribution in [0.25, 0.3) is 11.0 Å². The lowest BCUT2D eigenvalue weighted by Gasteiger charge is -2.27. The summed E-state index contributed by atoms with van der Waals surface area (Å²) in [6, 6.07) is 1.71. The molecule has 1 unspecified atom stereocenters. The zero-order chi connectivity index (χ0) is 15.5. The number of phosphoric acid groups is 1. The predicted octanol–water partition coefficient (Wildman–Crippen LogP) is -0.212. The SMILES string of the molecule is Nc1ncnc2c1ccn2[C@@H]1O[C@H]2COP(=O)(O)O[C@@H]2[C@H]1O. The first-order valence-corrected chi connectivity index (χ1v) is 8.02. The summed E-state index contributed by atoms with van der Waals surface area (Å²) in [5, 5.41) is 11.0. The van der Waals surface area contributed by atoms with Crippen LogP contribution < -0.4 is 5.73 Å². The quantitative estimate of drug-likeness (QED) is 0.606. The third-order valence-electron chi connectivity index (χ3n) is 3.78. The van der Waals surface area contributed by atoms with Gasteiger partial charge in [-0.1, -0.05) is 0 Å². The summed E-state index contributed by atoms with van der Waals surface area (Å²) in [5.41, 5.74) is 6.26. The van der Waals surface area contributed by atoms with Gasteiger partial charge < -0.3 is 25.0 Å².